The van der Waals surface area contributed by atoms with Crippen LogP contribution in [0.4, 0.5) is 0 Å². The third kappa shape index (κ3) is 2.44. The van der Waals surface area contributed by atoms with E-state index in [9.17, 15) is 8.42 Å². The number of hydrogen-bond acceptors (Lipinski definition) is 4. The van der Waals surface area contributed by atoms with E-state index in [0.717, 1.165) is 24.2 Å². The van der Waals surface area contributed by atoms with Crippen molar-refractivity contribution in [3.63, 3.8) is 0 Å². The summed E-state index contributed by atoms with van der Waals surface area (Å²) in [6.45, 7) is 4.21. The zero-order valence-corrected chi connectivity index (χ0v) is 13.8. The molecule has 0 radical (unpaired) electrons. The molecule has 0 amide bonds. The predicted molar refractivity (Wildman–Crippen MR) is 82.8 cm³/mol. The Kier molecular flexibility index (Phi) is 3.78. The minimum Gasteiger partial charge on any atom is -0.256 e. The van der Waals surface area contributed by atoms with Crippen LogP contribution in [0.2, 0.25) is 0 Å². The van der Waals surface area contributed by atoms with Crippen LogP contribution < -0.4 is 0 Å². The van der Waals surface area contributed by atoms with Crippen LogP contribution in [0.3, 0.4) is 0 Å². The highest BCUT2D eigenvalue weighted by atomic mass is 32.2. The van der Waals surface area contributed by atoms with Gasteiger partial charge in [-0.05, 0) is 38.8 Å². The first kappa shape index (κ1) is 15.2. The summed E-state index contributed by atoms with van der Waals surface area (Å²) in [5, 5.41) is 4.33. The average Bonchev–Trinajstić information content (AvgIpc) is 3.06. The van der Waals surface area contributed by atoms with Crippen LogP contribution in [0.15, 0.2) is 29.4 Å². The van der Waals surface area contributed by atoms with Crippen LogP contribution in [-0.2, 0) is 17.1 Å². The molecule has 7 heteroatoms. The van der Waals surface area contributed by atoms with Gasteiger partial charge in [-0.2, -0.15) is 9.40 Å². The van der Waals surface area contributed by atoms with Crippen molar-refractivity contribution in [1.29, 1.82) is 0 Å². The molecule has 1 atom stereocenters. The summed E-state index contributed by atoms with van der Waals surface area (Å²) in [6, 6.07) is 5.56. The van der Waals surface area contributed by atoms with Crippen LogP contribution in [0.25, 0.3) is 0 Å². The molecule has 0 N–H and O–H groups in total. The lowest BCUT2D eigenvalue weighted by molar-refractivity contribution is 0.385. The number of sulfonamides is 1. The van der Waals surface area contributed by atoms with Gasteiger partial charge in [0.15, 0.2) is 5.03 Å². The first-order valence-electron chi connectivity index (χ1n) is 7.35. The molecule has 6 nitrogen and oxygen atoms in total. The first-order chi connectivity index (χ1) is 10.4. The van der Waals surface area contributed by atoms with Gasteiger partial charge in [0.25, 0.3) is 10.0 Å². The highest BCUT2D eigenvalue weighted by Gasteiger charge is 2.39. The summed E-state index contributed by atoms with van der Waals surface area (Å²) < 4.78 is 29.1. The van der Waals surface area contributed by atoms with Gasteiger partial charge in [-0.1, -0.05) is 6.07 Å². The van der Waals surface area contributed by atoms with Crippen molar-refractivity contribution in [3.8, 4) is 0 Å². The minimum absolute atomic E-state index is 0.195. The van der Waals surface area contributed by atoms with Crippen molar-refractivity contribution in [2.45, 2.75) is 37.8 Å². The van der Waals surface area contributed by atoms with Gasteiger partial charge in [0.2, 0.25) is 0 Å². The Bertz CT molecular complexity index is 778. The molecule has 0 aromatic carbocycles. The molecule has 2 aromatic heterocycles. The van der Waals surface area contributed by atoms with Crippen molar-refractivity contribution in [2.75, 3.05) is 6.54 Å². The number of rotatable bonds is 3. The predicted octanol–water partition coefficient (Wildman–Crippen LogP) is 1.96. The molecule has 0 spiro atoms. The number of aryl methyl sites for hydroxylation is 3. The zero-order valence-electron chi connectivity index (χ0n) is 13.0. The second-order valence-corrected chi connectivity index (χ2v) is 7.54. The molecule has 3 heterocycles. The van der Waals surface area contributed by atoms with E-state index < -0.39 is 10.0 Å². The summed E-state index contributed by atoms with van der Waals surface area (Å²) in [5.74, 6) is 0. The Balaban J connectivity index is 2.03. The summed E-state index contributed by atoms with van der Waals surface area (Å²) in [7, 11) is -1.91. The Morgan fingerprint density at radius 2 is 2.05 bits per heavy atom. The van der Waals surface area contributed by atoms with Crippen LogP contribution >= 0.6 is 0 Å². The highest BCUT2D eigenvalue weighted by Crippen LogP contribution is 2.36. The summed E-state index contributed by atoms with van der Waals surface area (Å²) in [6.07, 6.45) is 3.23. The topological polar surface area (TPSA) is 68.1 Å². The maximum absolute atomic E-state index is 13.0. The van der Waals surface area contributed by atoms with Gasteiger partial charge in [-0.25, -0.2) is 8.42 Å². The molecule has 1 aliphatic rings. The molecule has 1 unspecified atom stereocenters. The number of aromatic nitrogens is 3. The SMILES string of the molecule is Cc1cccc(C2CCCN2S(=O)(=O)c2c(C)cnn2C)n1. The number of pyridine rings is 1. The van der Waals surface area contributed by atoms with Gasteiger partial charge in [0.1, 0.15) is 0 Å². The zero-order chi connectivity index (χ0) is 15.9. The maximum atomic E-state index is 13.0. The highest BCUT2D eigenvalue weighted by molar-refractivity contribution is 7.89. The van der Waals surface area contributed by atoms with Crippen molar-refractivity contribution in [3.05, 3.63) is 41.3 Å². The quantitative estimate of drug-likeness (QED) is 0.867. The minimum atomic E-state index is -3.57. The fourth-order valence-corrected chi connectivity index (χ4v) is 5.07. The van der Waals surface area contributed by atoms with E-state index in [-0.39, 0.29) is 11.1 Å². The molecule has 1 saturated heterocycles. The fraction of sp³-hybridized carbons (Fsp3) is 0.467. The van der Waals surface area contributed by atoms with E-state index >= 15 is 0 Å². The largest absolute Gasteiger partial charge is 0.261 e. The van der Waals surface area contributed by atoms with E-state index in [0.29, 0.717) is 12.1 Å². The second-order valence-electron chi connectivity index (χ2n) is 5.73. The second kappa shape index (κ2) is 5.48. The molecule has 0 bridgehead atoms. The summed E-state index contributed by atoms with van der Waals surface area (Å²) in [5.41, 5.74) is 2.39. The summed E-state index contributed by atoms with van der Waals surface area (Å²) in [4.78, 5) is 4.52. The van der Waals surface area contributed by atoms with Gasteiger partial charge in [-0.15, -0.1) is 0 Å². The van der Waals surface area contributed by atoms with Crippen molar-refractivity contribution >= 4 is 10.0 Å². The number of nitrogens with zero attached hydrogens (tertiary/aromatic N) is 4. The van der Waals surface area contributed by atoms with Gasteiger partial charge < -0.3 is 0 Å². The molecule has 1 aliphatic heterocycles. The molecular weight excluding hydrogens is 300 g/mol. The molecule has 1 fully saturated rings. The van der Waals surface area contributed by atoms with Crippen molar-refractivity contribution < 1.29 is 8.42 Å². The van der Waals surface area contributed by atoms with Gasteiger partial charge in [-0.3, -0.25) is 9.67 Å². The van der Waals surface area contributed by atoms with Gasteiger partial charge in [0, 0.05) is 24.8 Å². The summed E-state index contributed by atoms with van der Waals surface area (Å²) >= 11 is 0. The fourth-order valence-electron chi connectivity index (χ4n) is 3.09. The van der Waals surface area contributed by atoms with Crippen LogP contribution in [0.5, 0.6) is 0 Å². The Morgan fingerprint density at radius 3 is 2.68 bits per heavy atom. The van der Waals surface area contributed by atoms with Gasteiger partial charge in [0.05, 0.1) is 17.9 Å². The first-order valence-corrected chi connectivity index (χ1v) is 8.79. The molecular formula is C15H20N4O2S. The van der Waals surface area contributed by atoms with Gasteiger partial charge >= 0.3 is 0 Å². The van der Waals surface area contributed by atoms with E-state index in [1.165, 1.54) is 4.68 Å². The van der Waals surface area contributed by atoms with Crippen molar-refractivity contribution in [1.82, 2.24) is 19.1 Å². The van der Waals surface area contributed by atoms with E-state index in [2.05, 4.69) is 10.1 Å². The average molecular weight is 320 g/mol. The maximum Gasteiger partial charge on any atom is 0.261 e. The van der Waals surface area contributed by atoms with E-state index in [4.69, 9.17) is 0 Å². The third-order valence-corrected chi connectivity index (χ3v) is 6.19. The Labute approximate surface area is 130 Å². The molecule has 22 heavy (non-hydrogen) atoms. The lowest BCUT2D eigenvalue weighted by Gasteiger charge is -2.24. The van der Waals surface area contributed by atoms with Crippen LogP contribution in [0.1, 0.15) is 35.8 Å². The molecule has 0 aliphatic carbocycles. The van der Waals surface area contributed by atoms with E-state index in [1.807, 2.05) is 25.1 Å². The lowest BCUT2D eigenvalue weighted by Crippen LogP contribution is -2.32. The monoisotopic (exact) mass is 320 g/mol. The third-order valence-electron chi connectivity index (χ3n) is 4.06. The lowest BCUT2D eigenvalue weighted by atomic mass is 10.1. The number of hydrogen-bond donors (Lipinski definition) is 0. The van der Waals surface area contributed by atoms with Crippen LogP contribution in [-0.4, -0.2) is 34.0 Å². The van der Waals surface area contributed by atoms with E-state index in [1.54, 1.807) is 24.5 Å². The Morgan fingerprint density at radius 1 is 1.27 bits per heavy atom. The smallest absolute Gasteiger partial charge is 0.256 e. The Hall–Kier alpha value is -1.73. The molecule has 118 valence electrons. The van der Waals surface area contributed by atoms with Crippen LogP contribution in [0, 0.1) is 13.8 Å². The van der Waals surface area contributed by atoms with Crippen molar-refractivity contribution in [2.24, 2.45) is 7.05 Å². The molecule has 0 saturated carbocycles. The molecule has 2 aromatic rings. The molecule has 3 rings (SSSR count). The standard InChI is InChI=1S/C15H20N4O2S/c1-11-10-16-18(3)15(11)22(20,21)19-9-5-8-14(19)13-7-4-6-12(2)17-13/h4,6-7,10,14H,5,8-9H2,1-3H3. The normalized spacial score (nSPS) is 19.7.